The zero-order valence-corrected chi connectivity index (χ0v) is 18.4. The van der Waals surface area contributed by atoms with Gasteiger partial charge in [-0.25, -0.2) is 0 Å². The van der Waals surface area contributed by atoms with Gasteiger partial charge in [0, 0.05) is 25.7 Å². The molecule has 2 aliphatic rings. The topological polar surface area (TPSA) is 66.1 Å². The molecule has 25 heavy (non-hydrogen) atoms. The van der Waals surface area contributed by atoms with Crippen molar-refractivity contribution in [2.75, 3.05) is 60.0 Å². The third kappa shape index (κ3) is 8.88. The molecular weight excluding hydrogens is 429 g/mol. The second-order valence-electron chi connectivity index (χ2n) is 7.39. The molecule has 1 aliphatic carbocycles. The molecule has 1 aliphatic heterocycles. The fourth-order valence-electron chi connectivity index (χ4n) is 3.84. The number of hydrogen-bond acceptors (Lipinski definition) is 4. The lowest BCUT2D eigenvalue weighted by Gasteiger charge is -2.33. The summed E-state index contributed by atoms with van der Waals surface area (Å²) in [6.45, 7) is 6.63. The van der Waals surface area contributed by atoms with E-state index in [0.717, 1.165) is 58.3 Å². The number of nitrogens with zero attached hydrogens (tertiary/aromatic N) is 3. The van der Waals surface area contributed by atoms with Gasteiger partial charge in [-0.05, 0) is 45.8 Å². The summed E-state index contributed by atoms with van der Waals surface area (Å²) in [5, 5.41) is 3.27. The molecule has 3 N–H and O–H groups in total. The summed E-state index contributed by atoms with van der Waals surface area (Å²) in [5.74, 6) is 1.37. The molecule has 1 saturated carbocycles. The van der Waals surface area contributed by atoms with Crippen molar-refractivity contribution >= 4 is 29.9 Å². The lowest BCUT2D eigenvalue weighted by atomic mass is 9.83. The number of ether oxygens (including phenoxy) is 1. The average molecular weight is 467 g/mol. The van der Waals surface area contributed by atoms with Crippen molar-refractivity contribution < 1.29 is 4.74 Å². The Morgan fingerprint density at radius 2 is 1.92 bits per heavy atom. The first kappa shape index (κ1) is 22.9. The Hall–Kier alpha value is -0.120. The first-order chi connectivity index (χ1) is 11.7. The predicted molar refractivity (Wildman–Crippen MR) is 116 cm³/mol. The maximum atomic E-state index is 6.06. The minimum Gasteiger partial charge on any atom is -0.379 e. The Bertz CT molecular complexity index is 368. The number of halogens is 1. The summed E-state index contributed by atoms with van der Waals surface area (Å²) in [6, 6.07) is 0.513. The number of nitrogens with one attached hydrogen (secondary N) is 1. The first-order valence-corrected chi connectivity index (χ1v) is 9.67. The maximum absolute atomic E-state index is 6.06. The molecule has 0 radical (unpaired) electrons. The van der Waals surface area contributed by atoms with Crippen molar-refractivity contribution in [1.29, 1.82) is 0 Å². The first-order valence-electron chi connectivity index (χ1n) is 9.67. The second kappa shape index (κ2) is 13.1. The average Bonchev–Trinajstić information content (AvgIpc) is 2.60. The highest BCUT2D eigenvalue weighted by Gasteiger charge is 2.24. The maximum Gasteiger partial charge on any atom is 0.188 e. The number of aliphatic imine (C=N–C) groups is 1. The van der Waals surface area contributed by atoms with Crippen LogP contribution >= 0.6 is 24.0 Å². The van der Waals surface area contributed by atoms with Crippen molar-refractivity contribution in [2.24, 2.45) is 16.6 Å². The van der Waals surface area contributed by atoms with Gasteiger partial charge in [-0.2, -0.15) is 0 Å². The molecule has 1 unspecified atom stereocenters. The van der Waals surface area contributed by atoms with E-state index in [-0.39, 0.29) is 24.0 Å². The Balaban J connectivity index is 0.00000312. The van der Waals surface area contributed by atoms with E-state index in [1.54, 1.807) is 0 Å². The van der Waals surface area contributed by atoms with Crippen molar-refractivity contribution in [3.8, 4) is 0 Å². The largest absolute Gasteiger partial charge is 0.379 e. The summed E-state index contributed by atoms with van der Waals surface area (Å²) >= 11 is 0. The highest BCUT2D eigenvalue weighted by Crippen LogP contribution is 2.28. The van der Waals surface area contributed by atoms with E-state index in [1.165, 1.54) is 32.1 Å². The third-order valence-corrected chi connectivity index (χ3v) is 5.37. The highest BCUT2D eigenvalue weighted by molar-refractivity contribution is 14.0. The molecule has 0 amide bonds. The normalized spacial score (nSPS) is 21.8. The Morgan fingerprint density at radius 3 is 2.56 bits per heavy atom. The van der Waals surface area contributed by atoms with Crippen molar-refractivity contribution in [1.82, 2.24) is 15.1 Å². The lowest BCUT2D eigenvalue weighted by molar-refractivity contribution is 0.0376. The van der Waals surface area contributed by atoms with Gasteiger partial charge in [0.25, 0.3) is 0 Å². The molecule has 0 aromatic rings. The van der Waals surface area contributed by atoms with E-state index in [2.05, 4.69) is 34.2 Å². The van der Waals surface area contributed by atoms with Gasteiger partial charge in [-0.1, -0.05) is 19.3 Å². The van der Waals surface area contributed by atoms with Crippen LogP contribution < -0.4 is 11.1 Å². The third-order valence-electron chi connectivity index (χ3n) is 5.37. The van der Waals surface area contributed by atoms with Gasteiger partial charge >= 0.3 is 0 Å². The minimum absolute atomic E-state index is 0. The molecule has 0 aromatic carbocycles. The fraction of sp³-hybridized carbons (Fsp3) is 0.944. The van der Waals surface area contributed by atoms with Crippen LogP contribution in [0.15, 0.2) is 4.99 Å². The molecule has 1 atom stereocenters. The summed E-state index contributed by atoms with van der Waals surface area (Å²) in [4.78, 5) is 9.39. The molecule has 1 heterocycles. The van der Waals surface area contributed by atoms with Gasteiger partial charge < -0.3 is 20.7 Å². The fourth-order valence-corrected chi connectivity index (χ4v) is 3.84. The quantitative estimate of drug-likeness (QED) is 0.247. The van der Waals surface area contributed by atoms with Gasteiger partial charge in [0.15, 0.2) is 5.96 Å². The van der Waals surface area contributed by atoms with Crippen LogP contribution in [-0.4, -0.2) is 81.8 Å². The number of likely N-dealkylation sites (N-methyl/N-ethyl adjacent to an activating group) is 1. The van der Waals surface area contributed by atoms with Crippen LogP contribution in [0.2, 0.25) is 0 Å². The molecule has 6 nitrogen and oxygen atoms in total. The summed E-state index contributed by atoms with van der Waals surface area (Å²) in [6.07, 6.45) is 7.90. The minimum atomic E-state index is 0. The summed E-state index contributed by atoms with van der Waals surface area (Å²) in [7, 11) is 4.33. The molecular formula is C18H38IN5O. The highest BCUT2D eigenvalue weighted by atomic mass is 127. The number of nitrogens with two attached hydrogens (primary N) is 1. The van der Waals surface area contributed by atoms with Crippen LogP contribution in [0, 0.1) is 5.92 Å². The van der Waals surface area contributed by atoms with Crippen molar-refractivity contribution in [2.45, 2.75) is 44.6 Å². The molecule has 1 saturated heterocycles. The van der Waals surface area contributed by atoms with Crippen LogP contribution in [0.3, 0.4) is 0 Å². The van der Waals surface area contributed by atoms with Crippen molar-refractivity contribution in [3.63, 3.8) is 0 Å². The zero-order valence-electron chi connectivity index (χ0n) is 16.1. The van der Waals surface area contributed by atoms with Gasteiger partial charge in [0.2, 0.25) is 0 Å². The molecule has 0 spiro atoms. The van der Waals surface area contributed by atoms with Crippen LogP contribution in [0.4, 0.5) is 0 Å². The standard InChI is InChI=1S/C18H37N5O.HI/c1-22(2)17(16-7-4-3-5-8-16)15-21-18(19)20-9-6-10-23-11-13-24-14-12-23;/h16-17H,3-15H2,1-2H3,(H3,19,20,21);1H. The Kier molecular flexibility index (Phi) is 12.0. The Morgan fingerprint density at radius 1 is 1.24 bits per heavy atom. The predicted octanol–water partition coefficient (Wildman–Crippen LogP) is 1.74. The van der Waals surface area contributed by atoms with E-state index >= 15 is 0 Å². The van der Waals surface area contributed by atoms with Gasteiger partial charge in [-0.3, -0.25) is 9.89 Å². The monoisotopic (exact) mass is 467 g/mol. The van der Waals surface area contributed by atoms with Crippen LogP contribution in [0.25, 0.3) is 0 Å². The molecule has 148 valence electrons. The van der Waals surface area contributed by atoms with Gasteiger partial charge in [0.05, 0.1) is 19.8 Å². The summed E-state index contributed by atoms with van der Waals surface area (Å²) < 4.78 is 5.37. The molecule has 2 fully saturated rings. The van der Waals surface area contributed by atoms with Crippen LogP contribution in [0.5, 0.6) is 0 Å². The number of hydrogen-bond donors (Lipinski definition) is 2. The number of rotatable bonds is 8. The van der Waals surface area contributed by atoms with Gasteiger partial charge in [0.1, 0.15) is 0 Å². The Labute approximate surface area is 170 Å². The molecule has 2 rings (SSSR count). The molecule has 0 aromatic heterocycles. The smallest absolute Gasteiger partial charge is 0.188 e. The van der Waals surface area contributed by atoms with Gasteiger partial charge in [-0.15, -0.1) is 24.0 Å². The van der Waals surface area contributed by atoms with E-state index in [9.17, 15) is 0 Å². The molecule has 7 heteroatoms. The van der Waals surface area contributed by atoms with Crippen LogP contribution in [0.1, 0.15) is 38.5 Å². The second-order valence-corrected chi connectivity index (χ2v) is 7.39. The number of guanidine groups is 1. The summed E-state index contributed by atoms with van der Waals surface area (Å²) in [5.41, 5.74) is 6.06. The number of morpholine rings is 1. The van der Waals surface area contributed by atoms with E-state index in [4.69, 9.17) is 10.5 Å². The molecule has 0 bridgehead atoms. The van der Waals surface area contributed by atoms with Crippen LogP contribution in [-0.2, 0) is 4.74 Å². The van der Waals surface area contributed by atoms with Crippen molar-refractivity contribution in [3.05, 3.63) is 0 Å². The zero-order chi connectivity index (χ0) is 17.2. The van der Waals surface area contributed by atoms with E-state index < -0.39 is 0 Å². The van der Waals surface area contributed by atoms with E-state index in [1.807, 2.05) is 0 Å². The van der Waals surface area contributed by atoms with E-state index in [0.29, 0.717) is 12.0 Å². The lowest BCUT2D eigenvalue weighted by Crippen LogP contribution is -2.41. The SMILES string of the molecule is CN(C)C(CN=C(N)NCCCN1CCOCC1)C1CCCCC1.I.